The molecule has 0 aliphatic carbocycles. The molecule has 0 N–H and O–H groups in total. The number of aromatic carboxylic acids is 1. The Morgan fingerprint density at radius 1 is 1.46 bits per heavy atom. The van der Waals surface area contributed by atoms with Crippen molar-refractivity contribution in [2.45, 2.75) is 6.92 Å². The molecule has 0 aliphatic heterocycles. The van der Waals surface area contributed by atoms with Crippen LogP contribution in [0.5, 0.6) is 5.75 Å². The van der Waals surface area contributed by atoms with Crippen molar-refractivity contribution in [2.24, 2.45) is 0 Å². The minimum Gasteiger partial charge on any atom is -0.545 e. The van der Waals surface area contributed by atoms with Gasteiger partial charge in [-0.3, -0.25) is 0 Å². The summed E-state index contributed by atoms with van der Waals surface area (Å²) in [5.41, 5.74) is 0.0966. The van der Waals surface area contributed by atoms with Gasteiger partial charge in [-0.1, -0.05) is 12.1 Å². The fourth-order valence-corrected chi connectivity index (χ4v) is 0.917. The maximum Gasteiger partial charge on any atom is 1.00 e. The molecule has 0 spiro atoms. The van der Waals surface area contributed by atoms with E-state index in [1.54, 1.807) is 25.1 Å². The van der Waals surface area contributed by atoms with Gasteiger partial charge < -0.3 is 14.6 Å². The average Bonchev–Trinajstić information content (AvgIpc) is 2.05. The fraction of sp³-hybridized carbons (Fsp3) is 0.222. The Bertz CT molecular complexity index is 286. The standard InChI is InChI=1S/C9H10O3.Li/c1-2-12-8-6-4-3-5-7(8)9(10)11;/h3-6H,2H2,1H3,(H,10,11);/q;+1/p-1. The molecule has 0 aromatic heterocycles. The minimum absolute atomic E-state index is 0. The fourth-order valence-electron chi connectivity index (χ4n) is 0.917. The van der Waals surface area contributed by atoms with Gasteiger partial charge in [-0.25, -0.2) is 0 Å². The van der Waals surface area contributed by atoms with Gasteiger partial charge in [0, 0.05) is 5.56 Å². The third-order valence-electron chi connectivity index (χ3n) is 1.41. The smallest absolute Gasteiger partial charge is 0.545 e. The first-order valence-corrected chi connectivity index (χ1v) is 3.69. The molecule has 13 heavy (non-hydrogen) atoms. The molecule has 0 saturated carbocycles. The molecule has 0 fully saturated rings. The van der Waals surface area contributed by atoms with Gasteiger partial charge in [0.2, 0.25) is 0 Å². The summed E-state index contributed by atoms with van der Waals surface area (Å²) in [5.74, 6) is -0.848. The SMILES string of the molecule is CCOc1ccccc1C(=O)[O-].[Li+]. The van der Waals surface area contributed by atoms with E-state index in [1.807, 2.05) is 0 Å². The van der Waals surface area contributed by atoms with E-state index in [1.165, 1.54) is 6.07 Å². The summed E-state index contributed by atoms with van der Waals surface area (Å²) >= 11 is 0. The van der Waals surface area contributed by atoms with Crippen LogP contribution in [0, 0.1) is 0 Å². The summed E-state index contributed by atoms with van der Waals surface area (Å²) in [5, 5.41) is 10.5. The van der Waals surface area contributed by atoms with E-state index in [9.17, 15) is 9.90 Å². The summed E-state index contributed by atoms with van der Waals surface area (Å²) in [7, 11) is 0. The van der Waals surface area contributed by atoms with Gasteiger partial charge in [0.25, 0.3) is 0 Å². The molecule has 0 saturated heterocycles. The summed E-state index contributed by atoms with van der Waals surface area (Å²) in [6.45, 7) is 2.25. The van der Waals surface area contributed by atoms with E-state index >= 15 is 0 Å². The van der Waals surface area contributed by atoms with Gasteiger partial charge >= 0.3 is 18.9 Å². The first-order chi connectivity index (χ1) is 5.75. The number of ether oxygens (including phenoxy) is 1. The molecule has 4 heteroatoms. The Morgan fingerprint density at radius 2 is 2.08 bits per heavy atom. The predicted octanol–water partition coefficient (Wildman–Crippen LogP) is -2.55. The van der Waals surface area contributed by atoms with E-state index in [4.69, 9.17) is 4.74 Å². The maximum atomic E-state index is 10.5. The predicted molar refractivity (Wildman–Crippen MR) is 41.9 cm³/mol. The number of hydrogen-bond acceptors (Lipinski definition) is 3. The summed E-state index contributed by atoms with van der Waals surface area (Å²) in [6.07, 6.45) is 0. The van der Waals surface area contributed by atoms with Gasteiger partial charge in [-0.2, -0.15) is 0 Å². The Morgan fingerprint density at radius 3 is 2.62 bits per heavy atom. The van der Waals surface area contributed by atoms with E-state index in [2.05, 4.69) is 0 Å². The molecule has 1 rings (SSSR count). The van der Waals surface area contributed by atoms with Gasteiger partial charge in [-0.05, 0) is 19.1 Å². The first-order valence-electron chi connectivity index (χ1n) is 3.69. The van der Waals surface area contributed by atoms with Crippen LogP contribution in [0.2, 0.25) is 0 Å². The number of benzene rings is 1. The second-order valence-corrected chi connectivity index (χ2v) is 2.22. The van der Waals surface area contributed by atoms with Crippen LogP contribution in [0.25, 0.3) is 0 Å². The topological polar surface area (TPSA) is 49.4 Å². The van der Waals surface area contributed by atoms with Crippen LogP contribution < -0.4 is 28.7 Å². The number of carboxylic acid groups (broad SMARTS) is 1. The zero-order valence-electron chi connectivity index (χ0n) is 7.74. The third kappa shape index (κ3) is 3.14. The Kier molecular flexibility index (Phi) is 5.29. The summed E-state index contributed by atoms with van der Waals surface area (Å²) in [6, 6.07) is 6.42. The maximum absolute atomic E-state index is 10.5. The van der Waals surface area contributed by atoms with Crippen molar-refractivity contribution in [2.75, 3.05) is 6.61 Å². The molecular weight excluding hydrogens is 163 g/mol. The molecule has 3 nitrogen and oxygen atoms in total. The Hall–Kier alpha value is -0.913. The van der Waals surface area contributed by atoms with Gasteiger partial charge in [0.05, 0.1) is 12.6 Å². The van der Waals surface area contributed by atoms with Crippen molar-refractivity contribution < 1.29 is 33.5 Å². The third-order valence-corrected chi connectivity index (χ3v) is 1.41. The van der Waals surface area contributed by atoms with Crippen LogP contribution in [0.3, 0.4) is 0 Å². The summed E-state index contributed by atoms with van der Waals surface area (Å²) < 4.78 is 5.08. The molecule has 64 valence electrons. The zero-order valence-corrected chi connectivity index (χ0v) is 7.74. The summed E-state index contributed by atoms with van der Waals surface area (Å²) in [4.78, 5) is 10.5. The Balaban J connectivity index is 0.00000144. The van der Waals surface area contributed by atoms with Crippen LogP contribution in [0.4, 0.5) is 0 Å². The largest absolute Gasteiger partial charge is 1.00 e. The average molecular weight is 172 g/mol. The normalized spacial score (nSPS) is 8.69. The number of para-hydroxylation sites is 1. The van der Waals surface area contributed by atoms with Crippen molar-refractivity contribution in [3.8, 4) is 5.75 Å². The molecule has 1 aromatic rings. The van der Waals surface area contributed by atoms with E-state index < -0.39 is 5.97 Å². The molecule has 1 aromatic carbocycles. The van der Waals surface area contributed by atoms with Gasteiger partial charge in [0.1, 0.15) is 5.75 Å². The van der Waals surface area contributed by atoms with Crippen LogP contribution in [0.1, 0.15) is 17.3 Å². The second kappa shape index (κ2) is 5.68. The molecular formula is C9H9LiO3. The molecule has 0 radical (unpaired) electrons. The van der Waals surface area contributed by atoms with Crippen molar-refractivity contribution in [3.63, 3.8) is 0 Å². The van der Waals surface area contributed by atoms with Gasteiger partial charge in [0.15, 0.2) is 0 Å². The molecule has 0 aliphatic rings. The molecule has 0 heterocycles. The second-order valence-electron chi connectivity index (χ2n) is 2.22. The van der Waals surface area contributed by atoms with Crippen molar-refractivity contribution in [1.82, 2.24) is 0 Å². The van der Waals surface area contributed by atoms with Gasteiger partial charge in [-0.15, -0.1) is 0 Å². The minimum atomic E-state index is -1.21. The number of hydrogen-bond donors (Lipinski definition) is 0. The van der Waals surface area contributed by atoms with E-state index in [0.29, 0.717) is 12.4 Å². The van der Waals surface area contributed by atoms with Crippen molar-refractivity contribution in [1.29, 1.82) is 0 Å². The number of carboxylic acids is 1. The van der Waals surface area contributed by atoms with Crippen LogP contribution in [0.15, 0.2) is 24.3 Å². The first kappa shape index (κ1) is 12.1. The van der Waals surface area contributed by atoms with Crippen molar-refractivity contribution in [3.05, 3.63) is 29.8 Å². The van der Waals surface area contributed by atoms with Crippen molar-refractivity contribution >= 4 is 5.97 Å². The molecule has 0 unspecified atom stereocenters. The number of rotatable bonds is 3. The molecule has 0 amide bonds. The number of carbonyl (C=O) groups is 1. The van der Waals surface area contributed by atoms with Crippen LogP contribution in [-0.4, -0.2) is 12.6 Å². The van der Waals surface area contributed by atoms with E-state index in [0.717, 1.165) is 0 Å². The molecule has 0 bridgehead atoms. The molecule has 0 atom stereocenters. The number of carbonyl (C=O) groups excluding carboxylic acids is 1. The quantitative estimate of drug-likeness (QED) is 0.472. The monoisotopic (exact) mass is 172 g/mol. The van der Waals surface area contributed by atoms with Crippen LogP contribution in [-0.2, 0) is 0 Å². The Labute approximate surface area is 88.9 Å². The van der Waals surface area contributed by atoms with E-state index in [-0.39, 0.29) is 24.4 Å². The zero-order chi connectivity index (χ0) is 8.97. The van der Waals surface area contributed by atoms with Crippen LogP contribution >= 0.6 is 0 Å².